The highest BCUT2D eigenvalue weighted by Gasteiger charge is 2.16. The van der Waals surface area contributed by atoms with Crippen LogP contribution in [-0.4, -0.2) is 31.2 Å². The van der Waals surface area contributed by atoms with Crippen molar-refractivity contribution in [2.75, 3.05) is 20.2 Å². The Hall–Kier alpha value is -0.900. The zero-order chi connectivity index (χ0) is 12.8. The SMILES string of the molecule is CN(Cc1ccccc1CN)CC1CCCCO1. The molecule has 1 aliphatic heterocycles. The van der Waals surface area contributed by atoms with E-state index in [1.54, 1.807) is 0 Å². The number of rotatable bonds is 5. The van der Waals surface area contributed by atoms with Gasteiger partial charge in [0, 0.05) is 26.2 Å². The monoisotopic (exact) mass is 248 g/mol. The summed E-state index contributed by atoms with van der Waals surface area (Å²) in [5.41, 5.74) is 8.34. The van der Waals surface area contributed by atoms with Crippen LogP contribution in [0.2, 0.25) is 0 Å². The van der Waals surface area contributed by atoms with Gasteiger partial charge in [0.2, 0.25) is 0 Å². The molecule has 0 aromatic heterocycles. The van der Waals surface area contributed by atoms with Crippen LogP contribution in [0.5, 0.6) is 0 Å². The fourth-order valence-corrected chi connectivity index (χ4v) is 2.57. The fourth-order valence-electron chi connectivity index (χ4n) is 2.57. The molecule has 1 aromatic rings. The average molecular weight is 248 g/mol. The minimum absolute atomic E-state index is 0.411. The molecule has 2 rings (SSSR count). The van der Waals surface area contributed by atoms with Crippen LogP contribution < -0.4 is 5.73 Å². The van der Waals surface area contributed by atoms with Crippen molar-refractivity contribution in [1.82, 2.24) is 4.90 Å². The minimum atomic E-state index is 0.411. The third-order valence-corrected chi connectivity index (χ3v) is 3.57. The standard InChI is InChI=1S/C15H24N2O/c1-17(12-15-8-4-5-9-18-15)11-14-7-3-2-6-13(14)10-16/h2-3,6-7,15H,4-5,8-12,16H2,1H3. The Morgan fingerprint density at radius 2 is 2.06 bits per heavy atom. The number of nitrogens with two attached hydrogens (primary N) is 1. The van der Waals surface area contributed by atoms with Gasteiger partial charge in [-0.3, -0.25) is 4.90 Å². The molecule has 0 saturated carbocycles. The fraction of sp³-hybridized carbons (Fsp3) is 0.600. The predicted octanol–water partition coefficient (Wildman–Crippen LogP) is 2.15. The first kappa shape index (κ1) is 13.5. The van der Waals surface area contributed by atoms with Crippen molar-refractivity contribution in [3.8, 4) is 0 Å². The van der Waals surface area contributed by atoms with Gasteiger partial charge in [-0.1, -0.05) is 24.3 Å². The van der Waals surface area contributed by atoms with Crippen LogP contribution in [0.4, 0.5) is 0 Å². The van der Waals surface area contributed by atoms with E-state index >= 15 is 0 Å². The summed E-state index contributed by atoms with van der Waals surface area (Å²) in [6.07, 6.45) is 4.13. The van der Waals surface area contributed by atoms with Crippen molar-refractivity contribution in [3.05, 3.63) is 35.4 Å². The summed E-state index contributed by atoms with van der Waals surface area (Å²) < 4.78 is 5.78. The highest BCUT2D eigenvalue weighted by molar-refractivity contribution is 5.26. The first-order valence-electron chi connectivity index (χ1n) is 6.86. The lowest BCUT2D eigenvalue weighted by Gasteiger charge is -2.27. The largest absolute Gasteiger partial charge is 0.377 e. The lowest BCUT2D eigenvalue weighted by Crippen LogP contribution is -2.33. The van der Waals surface area contributed by atoms with Crippen molar-refractivity contribution in [2.24, 2.45) is 5.73 Å². The maximum Gasteiger partial charge on any atom is 0.0702 e. The Morgan fingerprint density at radius 1 is 1.28 bits per heavy atom. The van der Waals surface area contributed by atoms with E-state index in [1.807, 2.05) is 0 Å². The topological polar surface area (TPSA) is 38.5 Å². The number of hydrogen-bond donors (Lipinski definition) is 1. The van der Waals surface area contributed by atoms with Crippen LogP contribution in [0.1, 0.15) is 30.4 Å². The molecule has 1 fully saturated rings. The number of ether oxygens (including phenoxy) is 1. The van der Waals surface area contributed by atoms with Gasteiger partial charge in [-0.2, -0.15) is 0 Å². The Morgan fingerprint density at radius 3 is 2.72 bits per heavy atom. The van der Waals surface area contributed by atoms with Crippen LogP contribution >= 0.6 is 0 Å². The molecule has 2 N–H and O–H groups in total. The molecule has 18 heavy (non-hydrogen) atoms. The van der Waals surface area contributed by atoms with Gasteiger partial charge < -0.3 is 10.5 Å². The second kappa shape index (κ2) is 6.88. The third-order valence-electron chi connectivity index (χ3n) is 3.57. The molecule has 1 atom stereocenters. The van der Waals surface area contributed by atoms with Crippen LogP contribution in [0, 0.1) is 0 Å². The van der Waals surface area contributed by atoms with Gasteiger partial charge in [-0.15, -0.1) is 0 Å². The van der Waals surface area contributed by atoms with Gasteiger partial charge in [0.05, 0.1) is 6.10 Å². The average Bonchev–Trinajstić information content (AvgIpc) is 2.40. The van der Waals surface area contributed by atoms with Gasteiger partial charge in [0.15, 0.2) is 0 Å². The molecule has 0 radical (unpaired) electrons. The Balaban J connectivity index is 1.87. The van der Waals surface area contributed by atoms with Crippen molar-refractivity contribution >= 4 is 0 Å². The summed E-state index contributed by atoms with van der Waals surface area (Å²) in [7, 11) is 2.16. The molecule has 0 amide bonds. The van der Waals surface area contributed by atoms with Gasteiger partial charge in [0.1, 0.15) is 0 Å². The number of benzene rings is 1. The zero-order valence-corrected chi connectivity index (χ0v) is 11.3. The van der Waals surface area contributed by atoms with Gasteiger partial charge >= 0.3 is 0 Å². The molecule has 1 saturated heterocycles. The van der Waals surface area contributed by atoms with E-state index < -0.39 is 0 Å². The van der Waals surface area contributed by atoms with Gasteiger partial charge in [-0.05, 0) is 37.4 Å². The molecular weight excluding hydrogens is 224 g/mol. The lowest BCUT2D eigenvalue weighted by molar-refractivity contribution is -0.00262. The van der Waals surface area contributed by atoms with Gasteiger partial charge in [-0.25, -0.2) is 0 Å². The molecule has 1 aliphatic rings. The summed E-state index contributed by atoms with van der Waals surface area (Å²) in [6.45, 7) is 3.51. The van der Waals surface area contributed by atoms with Gasteiger partial charge in [0.25, 0.3) is 0 Å². The van der Waals surface area contributed by atoms with Crippen LogP contribution in [0.25, 0.3) is 0 Å². The summed E-state index contributed by atoms with van der Waals surface area (Å²) in [4.78, 5) is 2.34. The Kier molecular flexibility index (Phi) is 5.17. The number of nitrogens with zero attached hydrogens (tertiary/aromatic N) is 1. The molecule has 0 aliphatic carbocycles. The summed E-state index contributed by atoms with van der Waals surface area (Å²) in [5.74, 6) is 0. The minimum Gasteiger partial charge on any atom is -0.377 e. The third kappa shape index (κ3) is 3.80. The Bertz CT molecular complexity index is 361. The van der Waals surface area contributed by atoms with Crippen molar-refractivity contribution in [3.63, 3.8) is 0 Å². The smallest absolute Gasteiger partial charge is 0.0702 e. The second-order valence-corrected chi connectivity index (χ2v) is 5.16. The quantitative estimate of drug-likeness (QED) is 0.867. The van der Waals surface area contributed by atoms with Crippen molar-refractivity contribution in [1.29, 1.82) is 0 Å². The van der Waals surface area contributed by atoms with E-state index in [-0.39, 0.29) is 0 Å². The summed E-state index contributed by atoms with van der Waals surface area (Å²) >= 11 is 0. The summed E-state index contributed by atoms with van der Waals surface area (Å²) in [5, 5.41) is 0. The maximum absolute atomic E-state index is 5.78. The molecule has 3 nitrogen and oxygen atoms in total. The molecular formula is C15H24N2O. The van der Waals surface area contributed by atoms with E-state index in [1.165, 1.54) is 30.4 Å². The van der Waals surface area contributed by atoms with E-state index in [9.17, 15) is 0 Å². The normalized spacial score (nSPS) is 20.3. The highest BCUT2D eigenvalue weighted by Crippen LogP contribution is 2.15. The first-order valence-corrected chi connectivity index (χ1v) is 6.86. The molecule has 1 aromatic carbocycles. The maximum atomic E-state index is 5.78. The molecule has 1 unspecified atom stereocenters. The molecule has 3 heteroatoms. The predicted molar refractivity (Wildman–Crippen MR) is 74.3 cm³/mol. The second-order valence-electron chi connectivity index (χ2n) is 5.16. The number of hydrogen-bond acceptors (Lipinski definition) is 3. The number of likely N-dealkylation sites (N-methyl/N-ethyl adjacent to an activating group) is 1. The molecule has 0 bridgehead atoms. The highest BCUT2D eigenvalue weighted by atomic mass is 16.5. The van der Waals surface area contributed by atoms with Crippen molar-refractivity contribution in [2.45, 2.75) is 38.5 Å². The van der Waals surface area contributed by atoms with Crippen LogP contribution in [-0.2, 0) is 17.8 Å². The van der Waals surface area contributed by atoms with Crippen LogP contribution in [0.15, 0.2) is 24.3 Å². The first-order chi connectivity index (χ1) is 8.79. The van der Waals surface area contributed by atoms with Crippen molar-refractivity contribution < 1.29 is 4.74 Å². The van der Waals surface area contributed by atoms with E-state index in [4.69, 9.17) is 10.5 Å². The lowest BCUT2D eigenvalue weighted by atomic mass is 10.1. The molecule has 1 heterocycles. The Labute approximate surface area is 110 Å². The van der Waals surface area contributed by atoms with E-state index in [2.05, 4.69) is 36.2 Å². The zero-order valence-electron chi connectivity index (χ0n) is 11.3. The summed E-state index contributed by atoms with van der Waals surface area (Å²) in [6, 6.07) is 8.41. The molecule has 0 spiro atoms. The van der Waals surface area contributed by atoms with E-state index in [0.717, 1.165) is 19.7 Å². The van der Waals surface area contributed by atoms with Crippen LogP contribution in [0.3, 0.4) is 0 Å². The molecule has 100 valence electrons. The van der Waals surface area contributed by atoms with E-state index in [0.29, 0.717) is 12.6 Å².